The summed E-state index contributed by atoms with van der Waals surface area (Å²) in [5.74, 6) is 0. The maximum atomic E-state index is 10.3. The molecule has 0 saturated carbocycles. The van der Waals surface area contributed by atoms with Gasteiger partial charge in [-0.3, -0.25) is 0 Å². The van der Waals surface area contributed by atoms with E-state index in [4.69, 9.17) is 10.8 Å². The highest BCUT2D eigenvalue weighted by molar-refractivity contribution is 7.33. The molecule has 54 valence electrons. The zero-order chi connectivity index (χ0) is 7.28. The van der Waals surface area contributed by atoms with Crippen LogP contribution in [0.15, 0.2) is 0 Å². The van der Waals surface area contributed by atoms with E-state index >= 15 is 0 Å². The summed E-state index contributed by atoms with van der Waals surface area (Å²) < 4.78 is 18.8. The van der Waals surface area contributed by atoms with E-state index in [1.807, 2.05) is 0 Å². The van der Waals surface area contributed by atoms with Crippen molar-refractivity contribution in [2.75, 3.05) is 6.73 Å². The molecule has 2 atom stereocenters. The molecule has 0 radical (unpaired) electrons. The fourth-order valence-corrected chi connectivity index (χ4v) is 0.648. The fourth-order valence-electron chi connectivity index (χ4n) is 0.216. The fraction of sp³-hybridized carbons (Fsp3) is 1.00. The van der Waals surface area contributed by atoms with Crippen LogP contribution in [-0.2, 0) is 13.6 Å². The third kappa shape index (κ3) is 5.82. The Bertz CT molecular complexity index is 95.8. The number of aliphatic hydroxyl groups is 1. The van der Waals surface area contributed by atoms with Gasteiger partial charge in [-0.15, -0.1) is 4.52 Å². The molecule has 0 fully saturated rings. The Morgan fingerprint density at radius 2 is 2.44 bits per heavy atom. The number of hydrogen-bond donors (Lipinski definition) is 2. The van der Waals surface area contributed by atoms with Gasteiger partial charge in [0.2, 0.25) is 6.29 Å². The summed E-state index contributed by atoms with van der Waals surface area (Å²) >= 11 is 0. The standard InChI is InChI=1S/C3H9NO4P/c1-3(5)8-9(6)7-2-4/h3,5H,2,4H2,1H3/q+1. The predicted octanol–water partition coefficient (Wildman–Crippen LogP) is -0.0685. The molecule has 5 nitrogen and oxygen atoms in total. The highest BCUT2D eigenvalue weighted by atomic mass is 31.1. The van der Waals surface area contributed by atoms with Crippen molar-refractivity contribution in [3.8, 4) is 0 Å². The monoisotopic (exact) mass is 154 g/mol. The first-order valence-electron chi connectivity index (χ1n) is 2.32. The van der Waals surface area contributed by atoms with Crippen molar-refractivity contribution in [1.82, 2.24) is 0 Å². The third-order valence-electron chi connectivity index (χ3n) is 0.419. The molecule has 0 bridgehead atoms. The molecule has 0 spiro atoms. The first kappa shape index (κ1) is 8.94. The summed E-state index contributed by atoms with van der Waals surface area (Å²) in [5.41, 5.74) is 4.84. The molecule has 0 heterocycles. The lowest BCUT2D eigenvalue weighted by molar-refractivity contribution is -0.00592. The van der Waals surface area contributed by atoms with E-state index in [9.17, 15) is 4.57 Å². The molecule has 6 heteroatoms. The Kier molecular flexibility index (Phi) is 4.75. The summed E-state index contributed by atoms with van der Waals surface area (Å²) in [4.78, 5) is 0. The first-order valence-corrected chi connectivity index (χ1v) is 3.41. The number of hydrogen-bond acceptors (Lipinski definition) is 5. The van der Waals surface area contributed by atoms with Crippen LogP contribution in [0.25, 0.3) is 0 Å². The zero-order valence-corrected chi connectivity index (χ0v) is 5.88. The van der Waals surface area contributed by atoms with Crippen molar-refractivity contribution in [1.29, 1.82) is 0 Å². The van der Waals surface area contributed by atoms with E-state index in [0.29, 0.717) is 0 Å². The van der Waals surface area contributed by atoms with Crippen LogP contribution in [0.1, 0.15) is 6.92 Å². The average Bonchev–Trinajstić information content (AvgIpc) is 1.63. The molecule has 9 heavy (non-hydrogen) atoms. The Morgan fingerprint density at radius 3 is 2.78 bits per heavy atom. The molecule has 0 aliphatic rings. The van der Waals surface area contributed by atoms with Gasteiger partial charge in [0.25, 0.3) is 0 Å². The van der Waals surface area contributed by atoms with Gasteiger partial charge < -0.3 is 10.8 Å². The van der Waals surface area contributed by atoms with Gasteiger partial charge in [0, 0.05) is 4.57 Å². The second kappa shape index (κ2) is 4.78. The summed E-state index contributed by atoms with van der Waals surface area (Å²) in [7, 11) is -2.25. The quantitative estimate of drug-likeness (QED) is 0.437. The molecular formula is C3H9NO4P+. The van der Waals surface area contributed by atoms with Crippen molar-refractivity contribution in [3.63, 3.8) is 0 Å². The lowest BCUT2D eigenvalue weighted by Gasteiger charge is -1.89. The van der Waals surface area contributed by atoms with Crippen LogP contribution in [-0.4, -0.2) is 18.1 Å². The highest BCUT2D eigenvalue weighted by Gasteiger charge is 2.21. The summed E-state index contributed by atoms with van der Waals surface area (Å²) in [5, 5.41) is 8.42. The minimum absolute atomic E-state index is 0.179. The molecule has 2 unspecified atom stereocenters. The zero-order valence-electron chi connectivity index (χ0n) is 4.98. The normalized spacial score (nSPS) is 15.2. The van der Waals surface area contributed by atoms with Gasteiger partial charge >= 0.3 is 8.25 Å². The smallest absolute Gasteiger partial charge is 0.364 e. The minimum Gasteiger partial charge on any atom is -0.364 e. The molecule has 0 amide bonds. The third-order valence-corrected chi connectivity index (χ3v) is 1.26. The number of aliphatic hydroxyl groups excluding tert-OH is 1. The first-order chi connectivity index (χ1) is 4.16. The van der Waals surface area contributed by atoms with E-state index in [1.165, 1.54) is 6.92 Å². The van der Waals surface area contributed by atoms with E-state index in [0.717, 1.165) is 0 Å². The number of nitrogens with two attached hydrogens (primary N) is 1. The summed E-state index contributed by atoms with van der Waals surface area (Å²) in [6.45, 7) is 1.15. The van der Waals surface area contributed by atoms with Gasteiger partial charge in [0.1, 0.15) is 0 Å². The van der Waals surface area contributed by atoms with E-state index in [2.05, 4.69) is 9.05 Å². The Hall–Kier alpha value is -0.0600. The molecule has 0 aliphatic heterocycles. The molecule has 3 N–H and O–H groups in total. The van der Waals surface area contributed by atoms with Crippen LogP contribution >= 0.6 is 8.25 Å². The Balaban J connectivity index is 3.27. The summed E-state index contributed by atoms with van der Waals surface area (Å²) in [6.07, 6.45) is -1.08. The lowest BCUT2D eigenvalue weighted by Crippen LogP contribution is -2.04. The van der Waals surface area contributed by atoms with Crippen LogP contribution in [0, 0.1) is 0 Å². The van der Waals surface area contributed by atoms with Crippen LogP contribution < -0.4 is 5.73 Å². The van der Waals surface area contributed by atoms with Crippen molar-refractivity contribution in [3.05, 3.63) is 0 Å². The largest absolute Gasteiger partial charge is 0.701 e. The van der Waals surface area contributed by atoms with E-state index in [-0.39, 0.29) is 6.73 Å². The molecule has 0 rings (SSSR count). The van der Waals surface area contributed by atoms with Gasteiger partial charge in [-0.2, -0.15) is 0 Å². The predicted molar refractivity (Wildman–Crippen MR) is 30.5 cm³/mol. The maximum absolute atomic E-state index is 10.3. The minimum atomic E-state index is -2.25. The average molecular weight is 154 g/mol. The lowest BCUT2D eigenvalue weighted by atomic mass is 10.8. The van der Waals surface area contributed by atoms with Gasteiger partial charge in [-0.05, 0) is 6.92 Å². The van der Waals surface area contributed by atoms with Crippen molar-refractivity contribution in [2.45, 2.75) is 13.2 Å². The van der Waals surface area contributed by atoms with E-state index < -0.39 is 14.5 Å². The van der Waals surface area contributed by atoms with Gasteiger partial charge in [-0.1, -0.05) is 4.52 Å². The van der Waals surface area contributed by atoms with Crippen LogP contribution in [0.3, 0.4) is 0 Å². The molecule has 0 aliphatic carbocycles. The van der Waals surface area contributed by atoms with Gasteiger partial charge in [0.15, 0.2) is 6.73 Å². The second-order valence-electron chi connectivity index (χ2n) is 1.22. The molecule has 0 aromatic heterocycles. The van der Waals surface area contributed by atoms with E-state index in [1.54, 1.807) is 0 Å². The Labute approximate surface area is 53.7 Å². The van der Waals surface area contributed by atoms with Crippen LogP contribution in [0.2, 0.25) is 0 Å². The van der Waals surface area contributed by atoms with Crippen LogP contribution in [0.4, 0.5) is 0 Å². The molecule has 0 aromatic carbocycles. The van der Waals surface area contributed by atoms with Crippen molar-refractivity contribution < 1.29 is 18.7 Å². The molecular weight excluding hydrogens is 145 g/mol. The van der Waals surface area contributed by atoms with Gasteiger partial charge in [-0.25, -0.2) is 0 Å². The molecule has 0 aromatic rings. The maximum Gasteiger partial charge on any atom is 0.701 e. The Morgan fingerprint density at radius 1 is 1.89 bits per heavy atom. The van der Waals surface area contributed by atoms with Crippen LogP contribution in [0.5, 0.6) is 0 Å². The summed E-state index contributed by atoms with van der Waals surface area (Å²) in [6, 6.07) is 0. The second-order valence-corrected chi connectivity index (χ2v) is 2.14. The van der Waals surface area contributed by atoms with Crippen molar-refractivity contribution in [2.24, 2.45) is 5.73 Å². The number of rotatable bonds is 4. The molecule has 0 saturated heterocycles. The van der Waals surface area contributed by atoms with Gasteiger partial charge in [0.05, 0.1) is 0 Å². The van der Waals surface area contributed by atoms with Crippen molar-refractivity contribution >= 4 is 8.25 Å². The SMILES string of the molecule is CC(O)O[P+](=O)OCN. The highest BCUT2D eigenvalue weighted by Crippen LogP contribution is 2.23. The topological polar surface area (TPSA) is 81.8 Å².